The van der Waals surface area contributed by atoms with Crippen molar-refractivity contribution < 1.29 is 23.6 Å². The van der Waals surface area contributed by atoms with E-state index in [2.05, 4.69) is 10.1 Å². The Morgan fingerprint density at radius 3 is 2.46 bits per heavy atom. The number of fused-ring (bicyclic) bond motifs is 3. The highest BCUT2D eigenvalue weighted by atomic mass is 35.5. The summed E-state index contributed by atoms with van der Waals surface area (Å²) in [5.74, 6) is 0.822. The van der Waals surface area contributed by atoms with Gasteiger partial charge in [-0.25, -0.2) is 9.59 Å². The minimum Gasteiger partial charge on any atom is -0.465 e. The van der Waals surface area contributed by atoms with E-state index >= 15 is 0 Å². The molecule has 0 spiro atoms. The normalized spacial score (nSPS) is 23.1. The molecule has 2 bridgehead atoms. The largest absolute Gasteiger partial charge is 0.465 e. The highest BCUT2D eigenvalue weighted by molar-refractivity contribution is 6.39. The highest BCUT2D eigenvalue weighted by Crippen LogP contribution is 2.47. The average Bonchev–Trinajstić information content (AvgIpc) is 3.50. The summed E-state index contributed by atoms with van der Waals surface area (Å²) in [5, 5.41) is 5.44. The van der Waals surface area contributed by atoms with Gasteiger partial charge in [0.1, 0.15) is 11.5 Å². The molecule has 3 aromatic rings. The number of urea groups is 1. The van der Waals surface area contributed by atoms with Crippen LogP contribution in [0.2, 0.25) is 10.0 Å². The summed E-state index contributed by atoms with van der Waals surface area (Å²) >= 11 is 13.1. The second kappa shape index (κ2) is 10.6. The lowest BCUT2D eigenvalue weighted by Crippen LogP contribution is -2.53. The predicted octanol–water partition coefficient (Wildman–Crippen LogP) is 7.01. The zero-order valence-corrected chi connectivity index (χ0v) is 24.3. The molecule has 0 N–H and O–H groups in total. The topological polar surface area (TPSA) is 85.1 Å². The maximum Gasteiger partial charge on any atom is 0.337 e. The molecule has 2 amide bonds. The summed E-state index contributed by atoms with van der Waals surface area (Å²) in [6.45, 7) is 0.972. The van der Waals surface area contributed by atoms with Crippen LogP contribution in [0.15, 0.2) is 40.9 Å². The third-order valence-electron chi connectivity index (χ3n) is 8.97. The van der Waals surface area contributed by atoms with E-state index in [9.17, 15) is 9.59 Å². The van der Waals surface area contributed by atoms with Gasteiger partial charge in [0.25, 0.3) is 0 Å². The smallest absolute Gasteiger partial charge is 0.337 e. The minimum absolute atomic E-state index is 0.0161. The number of methoxy groups -OCH3 is 1. The number of halogens is 2. The van der Waals surface area contributed by atoms with Crippen molar-refractivity contribution in [1.82, 2.24) is 10.1 Å². The fourth-order valence-electron chi connectivity index (χ4n) is 6.79. The molecule has 3 atom stereocenters. The number of esters is 1. The van der Waals surface area contributed by atoms with Crippen LogP contribution in [-0.2, 0) is 22.5 Å². The lowest BCUT2D eigenvalue weighted by molar-refractivity contribution is -0.0164. The number of hydrogen-bond acceptors (Lipinski definition) is 6. The predicted molar refractivity (Wildman–Crippen MR) is 155 cm³/mol. The van der Waals surface area contributed by atoms with Crippen LogP contribution in [0.1, 0.15) is 71.7 Å². The Morgan fingerprint density at radius 2 is 1.78 bits per heavy atom. The Morgan fingerprint density at radius 1 is 1.05 bits per heavy atom. The van der Waals surface area contributed by atoms with Gasteiger partial charge in [0.15, 0.2) is 0 Å². The standard InChI is InChI=1S/C31H31Cl2N3O5/c1-39-30(37)19-8-5-17-11-12-35(26(17)13-19)31(38)36-20-9-10-21(36)15-22(14-20)40-16-23-28(34-41-29(23)18-6-7-18)27-24(32)3-2-4-25(27)33/h2-5,8,13,18,20-22H,6-7,9-12,14-16H2,1H3/t20-,21+,22?. The van der Waals surface area contributed by atoms with Crippen molar-refractivity contribution in [3.05, 3.63) is 68.9 Å². The molecule has 3 aliphatic heterocycles. The van der Waals surface area contributed by atoms with Crippen molar-refractivity contribution in [3.63, 3.8) is 0 Å². The second-order valence-corrected chi connectivity index (χ2v) is 12.3. The second-order valence-electron chi connectivity index (χ2n) is 11.5. The quantitative estimate of drug-likeness (QED) is 0.285. The van der Waals surface area contributed by atoms with Gasteiger partial charge in [-0.05, 0) is 74.8 Å². The first-order valence-corrected chi connectivity index (χ1v) is 15.0. The Hall–Kier alpha value is -3.07. The summed E-state index contributed by atoms with van der Waals surface area (Å²) in [4.78, 5) is 29.9. The van der Waals surface area contributed by atoms with Gasteiger partial charge in [0.2, 0.25) is 0 Å². The number of aromatic nitrogens is 1. The van der Waals surface area contributed by atoms with Gasteiger partial charge < -0.3 is 18.9 Å². The van der Waals surface area contributed by atoms with Crippen LogP contribution < -0.4 is 4.90 Å². The van der Waals surface area contributed by atoms with Crippen LogP contribution in [0.25, 0.3) is 11.3 Å². The van der Waals surface area contributed by atoms with Gasteiger partial charge in [-0.15, -0.1) is 0 Å². The van der Waals surface area contributed by atoms with Crippen molar-refractivity contribution in [2.75, 3.05) is 18.6 Å². The number of nitrogens with zero attached hydrogens (tertiary/aromatic N) is 3. The van der Waals surface area contributed by atoms with Crippen molar-refractivity contribution in [3.8, 4) is 11.3 Å². The number of rotatable bonds is 6. The third kappa shape index (κ3) is 4.80. The van der Waals surface area contributed by atoms with Gasteiger partial charge in [0.05, 0.1) is 35.4 Å². The van der Waals surface area contributed by atoms with Crippen molar-refractivity contribution >= 4 is 40.9 Å². The van der Waals surface area contributed by atoms with Gasteiger partial charge in [-0.2, -0.15) is 0 Å². The molecule has 2 saturated heterocycles. The number of amides is 2. The fourth-order valence-corrected chi connectivity index (χ4v) is 7.36. The molecule has 7 rings (SSSR count). The van der Waals surface area contributed by atoms with Crippen molar-refractivity contribution in [2.45, 2.75) is 75.7 Å². The molecule has 2 aromatic carbocycles. The van der Waals surface area contributed by atoms with E-state index in [4.69, 9.17) is 37.2 Å². The minimum atomic E-state index is -0.400. The summed E-state index contributed by atoms with van der Waals surface area (Å²) in [5.41, 5.74) is 4.58. The third-order valence-corrected chi connectivity index (χ3v) is 9.60. The van der Waals surface area contributed by atoms with E-state index in [1.54, 1.807) is 24.3 Å². The van der Waals surface area contributed by atoms with E-state index in [-0.39, 0.29) is 24.2 Å². The zero-order chi connectivity index (χ0) is 28.2. The average molecular weight is 597 g/mol. The Kier molecular flexibility index (Phi) is 6.96. The first kappa shape index (κ1) is 26.8. The first-order valence-electron chi connectivity index (χ1n) is 14.3. The van der Waals surface area contributed by atoms with Crippen molar-refractivity contribution in [1.29, 1.82) is 0 Å². The fraction of sp³-hybridized carbons (Fsp3) is 0.452. The van der Waals surface area contributed by atoms with Gasteiger partial charge in [0, 0.05) is 41.4 Å². The zero-order valence-electron chi connectivity index (χ0n) is 22.8. The van der Waals surface area contributed by atoms with E-state index in [1.165, 1.54) is 7.11 Å². The van der Waals surface area contributed by atoms with E-state index < -0.39 is 5.97 Å². The number of ether oxygens (including phenoxy) is 2. The summed E-state index contributed by atoms with van der Waals surface area (Å²) < 4.78 is 17.2. The number of piperidine rings is 1. The van der Waals surface area contributed by atoms with Crippen molar-refractivity contribution in [2.24, 2.45) is 0 Å². The molecular formula is C31H31Cl2N3O5. The molecule has 10 heteroatoms. The monoisotopic (exact) mass is 595 g/mol. The number of anilines is 1. The molecule has 8 nitrogen and oxygen atoms in total. The summed E-state index contributed by atoms with van der Waals surface area (Å²) in [6.07, 6.45) is 6.41. The van der Waals surface area contributed by atoms with Crippen LogP contribution in [0.4, 0.5) is 10.5 Å². The Labute approximate surface area is 248 Å². The van der Waals surface area contributed by atoms with Crippen LogP contribution in [0.3, 0.4) is 0 Å². The molecule has 1 unspecified atom stereocenters. The lowest BCUT2D eigenvalue weighted by atomic mass is 9.99. The Balaban J connectivity index is 1.07. The van der Waals surface area contributed by atoms with Gasteiger partial charge in [-0.3, -0.25) is 4.90 Å². The molecular weight excluding hydrogens is 565 g/mol. The molecule has 3 fully saturated rings. The van der Waals surface area contributed by atoms with E-state index in [0.29, 0.717) is 45.9 Å². The van der Waals surface area contributed by atoms with Crippen LogP contribution in [0.5, 0.6) is 0 Å². The molecule has 1 aromatic heterocycles. The Bertz CT molecular complexity index is 1490. The summed E-state index contributed by atoms with van der Waals surface area (Å²) in [7, 11) is 1.37. The molecule has 214 valence electrons. The van der Waals surface area contributed by atoms with E-state index in [1.807, 2.05) is 17.0 Å². The number of hydrogen-bond donors (Lipinski definition) is 0. The van der Waals surface area contributed by atoms with Crippen LogP contribution >= 0.6 is 23.2 Å². The molecule has 4 aliphatic rings. The van der Waals surface area contributed by atoms with E-state index in [0.717, 1.165) is 67.5 Å². The molecule has 1 aliphatic carbocycles. The van der Waals surface area contributed by atoms with Crippen LogP contribution in [0, 0.1) is 0 Å². The first-order chi connectivity index (χ1) is 19.9. The summed E-state index contributed by atoms with van der Waals surface area (Å²) in [6, 6.07) is 11.1. The maximum absolute atomic E-state index is 13.9. The number of benzene rings is 2. The SMILES string of the molecule is COC(=O)c1ccc2c(c1)N(C(=O)N1[C@@H]3CC[C@H]1CC(OCc1c(-c4c(Cl)cccc4Cl)noc1C1CC1)C3)CC2. The highest BCUT2D eigenvalue weighted by Gasteiger charge is 2.46. The van der Waals surface area contributed by atoms with Crippen LogP contribution in [-0.4, -0.2) is 53.9 Å². The maximum atomic E-state index is 13.9. The number of carbonyl (C=O) groups is 2. The number of carbonyl (C=O) groups excluding carboxylic acids is 2. The lowest BCUT2D eigenvalue weighted by Gasteiger charge is -2.40. The molecule has 0 radical (unpaired) electrons. The molecule has 4 heterocycles. The molecule has 41 heavy (non-hydrogen) atoms. The molecule has 1 saturated carbocycles. The van der Waals surface area contributed by atoms with Gasteiger partial charge in [-0.1, -0.05) is 40.5 Å². The van der Waals surface area contributed by atoms with Gasteiger partial charge >= 0.3 is 12.0 Å².